The molecule has 2 aromatic carbocycles. The molecule has 0 saturated carbocycles. The molecule has 2 N–H and O–H groups in total. The van der Waals surface area contributed by atoms with Crippen molar-refractivity contribution in [1.29, 1.82) is 0 Å². The lowest BCUT2D eigenvalue weighted by molar-refractivity contribution is 0.262. The number of rotatable bonds is 3. The summed E-state index contributed by atoms with van der Waals surface area (Å²) in [7, 11) is 0. The number of urea groups is 1. The Kier molecular flexibility index (Phi) is 3.64. The first-order valence-electron chi connectivity index (χ1n) is 6.54. The second-order valence-electron chi connectivity index (χ2n) is 4.44. The van der Waals surface area contributed by atoms with Crippen molar-refractivity contribution < 1.29 is 4.79 Å². The molecule has 5 nitrogen and oxygen atoms in total. The van der Waals surface area contributed by atoms with Gasteiger partial charge in [0.15, 0.2) is 0 Å². The fraction of sp³-hybridized carbons (Fsp3) is 0. The average molecular weight is 278 g/mol. The third kappa shape index (κ3) is 3.27. The Morgan fingerprint density at radius 1 is 0.857 bits per heavy atom. The van der Waals surface area contributed by atoms with Gasteiger partial charge in [-0.05, 0) is 42.5 Å². The lowest BCUT2D eigenvalue weighted by Gasteiger charge is -2.08. The smallest absolute Gasteiger partial charge is 0.308 e. The number of carbonyl (C=O) groups is 1. The molecule has 3 rings (SSSR count). The highest BCUT2D eigenvalue weighted by atomic mass is 16.2. The minimum Gasteiger partial charge on any atom is -0.308 e. The van der Waals surface area contributed by atoms with E-state index in [1.807, 2.05) is 66.9 Å². The van der Waals surface area contributed by atoms with Gasteiger partial charge in [0, 0.05) is 23.8 Å². The van der Waals surface area contributed by atoms with Crippen LogP contribution in [0.3, 0.4) is 0 Å². The third-order valence-corrected chi connectivity index (χ3v) is 2.93. The molecule has 0 aliphatic carbocycles. The van der Waals surface area contributed by atoms with Crippen LogP contribution in [-0.4, -0.2) is 15.8 Å². The van der Waals surface area contributed by atoms with Crippen molar-refractivity contribution in [2.75, 3.05) is 10.6 Å². The Hall–Kier alpha value is -3.08. The van der Waals surface area contributed by atoms with Crippen molar-refractivity contribution in [2.24, 2.45) is 0 Å². The molecule has 0 aliphatic rings. The zero-order chi connectivity index (χ0) is 14.5. The average Bonchev–Trinajstić information content (AvgIpc) is 3.03. The van der Waals surface area contributed by atoms with Gasteiger partial charge in [0.05, 0.1) is 5.69 Å². The van der Waals surface area contributed by atoms with E-state index in [1.165, 1.54) is 0 Å². The Labute approximate surface area is 122 Å². The second-order valence-corrected chi connectivity index (χ2v) is 4.44. The summed E-state index contributed by atoms with van der Waals surface area (Å²) in [6.07, 6.45) is 3.59. The SMILES string of the molecule is O=C(Nc1ccccc1)Nc1ccc(-n2cccn2)cc1. The predicted octanol–water partition coefficient (Wildman–Crippen LogP) is 3.52. The molecule has 0 fully saturated rings. The molecule has 5 heteroatoms. The summed E-state index contributed by atoms with van der Waals surface area (Å²) in [6, 6.07) is 18.4. The zero-order valence-electron chi connectivity index (χ0n) is 11.2. The number of aromatic nitrogens is 2. The van der Waals surface area contributed by atoms with Crippen LogP contribution < -0.4 is 10.6 Å². The highest BCUT2D eigenvalue weighted by molar-refractivity contribution is 5.99. The topological polar surface area (TPSA) is 59.0 Å². The van der Waals surface area contributed by atoms with Gasteiger partial charge < -0.3 is 10.6 Å². The van der Waals surface area contributed by atoms with Crippen molar-refractivity contribution in [2.45, 2.75) is 0 Å². The molecule has 2 amide bonds. The lowest BCUT2D eigenvalue weighted by atomic mass is 10.3. The summed E-state index contributed by atoms with van der Waals surface area (Å²) in [5.41, 5.74) is 2.41. The predicted molar refractivity (Wildman–Crippen MR) is 82.6 cm³/mol. The molecule has 0 unspecified atom stereocenters. The molecule has 0 spiro atoms. The number of anilines is 2. The van der Waals surface area contributed by atoms with E-state index in [-0.39, 0.29) is 6.03 Å². The van der Waals surface area contributed by atoms with Crippen molar-refractivity contribution >= 4 is 17.4 Å². The van der Waals surface area contributed by atoms with Gasteiger partial charge in [-0.2, -0.15) is 5.10 Å². The first-order valence-corrected chi connectivity index (χ1v) is 6.54. The number of amides is 2. The fourth-order valence-electron chi connectivity index (χ4n) is 1.93. The van der Waals surface area contributed by atoms with Gasteiger partial charge in [0.2, 0.25) is 0 Å². The summed E-state index contributed by atoms with van der Waals surface area (Å²) in [4.78, 5) is 11.9. The summed E-state index contributed by atoms with van der Waals surface area (Å²) in [5.74, 6) is 0. The lowest BCUT2D eigenvalue weighted by Crippen LogP contribution is -2.19. The van der Waals surface area contributed by atoms with Gasteiger partial charge >= 0.3 is 6.03 Å². The van der Waals surface area contributed by atoms with Crippen molar-refractivity contribution in [3.05, 3.63) is 73.1 Å². The molecule has 21 heavy (non-hydrogen) atoms. The number of para-hydroxylation sites is 1. The highest BCUT2D eigenvalue weighted by Gasteiger charge is 2.02. The first kappa shape index (κ1) is 12.9. The number of hydrogen-bond acceptors (Lipinski definition) is 2. The number of benzene rings is 2. The molecule has 0 aliphatic heterocycles. The quantitative estimate of drug-likeness (QED) is 0.770. The van der Waals surface area contributed by atoms with Gasteiger partial charge in [-0.1, -0.05) is 18.2 Å². The minimum absolute atomic E-state index is 0.270. The van der Waals surface area contributed by atoms with E-state index in [4.69, 9.17) is 0 Å². The molecule has 0 atom stereocenters. The van der Waals surface area contributed by atoms with E-state index in [0.29, 0.717) is 0 Å². The number of nitrogens with one attached hydrogen (secondary N) is 2. The molecule has 0 saturated heterocycles. The summed E-state index contributed by atoms with van der Waals surface area (Å²) in [5, 5.41) is 9.70. The number of hydrogen-bond donors (Lipinski definition) is 2. The van der Waals surface area contributed by atoms with E-state index >= 15 is 0 Å². The Balaban J connectivity index is 1.64. The van der Waals surface area contributed by atoms with Crippen LogP contribution in [0.25, 0.3) is 5.69 Å². The Morgan fingerprint density at radius 3 is 2.14 bits per heavy atom. The van der Waals surface area contributed by atoms with Crippen molar-refractivity contribution in [3.63, 3.8) is 0 Å². The Morgan fingerprint density at radius 2 is 1.52 bits per heavy atom. The van der Waals surface area contributed by atoms with Crippen LogP contribution in [0.5, 0.6) is 0 Å². The van der Waals surface area contributed by atoms with Crippen LogP contribution in [0.1, 0.15) is 0 Å². The summed E-state index contributed by atoms with van der Waals surface area (Å²) in [6.45, 7) is 0. The van der Waals surface area contributed by atoms with E-state index in [9.17, 15) is 4.79 Å². The van der Waals surface area contributed by atoms with Gasteiger partial charge in [-0.3, -0.25) is 0 Å². The fourth-order valence-corrected chi connectivity index (χ4v) is 1.93. The number of carbonyl (C=O) groups excluding carboxylic acids is 1. The molecule has 1 aromatic heterocycles. The molecular formula is C16H14N4O. The molecule has 1 heterocycles. The van der Waals surface area contributed by atoms with Gasteiger partial charge in [0.25, 0.3) is 0 Å². The molecule has 0 bridgehead atoms. The summed E-state index contributed by atoms with van der Waals surface area (Å²) >= 11 is 0. The molecule has 104 valence electrons. The second kappa shape index (κ2) is 5.92. The minimum atomic E-state index is -0.270. The van der Waals surface area contributed by atoms with Crippen LogP contribution in [0.4, 0.5) is 16.2 Å². The van der Waals surface area contributed by atoms with E-state index in [1.54, 1.807) is 10.9 Å². The number of nitrogens with zero attached hydrogens (tertiary/aromatic N) is 2. The maximum Gasteiger partial charge on any atom is 0.323 e. The van der Waals surface area contributed by atoms with E-state index in [0.717, 1.165) is 17.1 Å². The van der Waals surface area contributed by atoms with Crippen LogP contribution in [0, 0.1) is 0 Å². The normalized spacial score (nSPS) is 10.1. The zero-order valence-corrected chi connectivity index (χ0v) is 11.2. The third-order valence-electron chi connectivity index (χ3n) is 2.93. The van der Waals surface area contributed by atoms with E-state index in [2.05, 4.69) is 15.7 Å². The van der Waals surface area contributed by atoms with Crippen LogP contribution >= 0.6 is 0 Å². The standard InChI is InChI=1S/C16H14N4O/c21-16(18-13-5-2-1-3-6-13)19-14-7-9-15(10-8-14)20-12-4-11-17-20/h1-12H,(H2,18,19,21). The molecule has 0 radical (unpaired) electrons. The van der Waals surface area contributed by atoms with E-state index < -0.39 is 0 Å². The first-order chi connectivity index (χ1) is 10.3. The van der Waals surface area contributed by atoms with Gasteiger partial charge in [-0.25, -0.2) is 9.48 Å². The van der Waals surface area contributed by atoms with Crippen LogP contribution in [-0.2, 0) is 0 Å². The maximum atomic E-state index is 11.9. The molecular weight excluding hydrogens is 264 g/mol. The monoisotopic (exact) mass is 278 g/mol. The largest absolute Gasteiger partial charge is 0.323 e. The molecule has 3 aromatic rings. The van der Waals surface area contributed by atoms with Crippen molar-refractivity contribution in [3.8, 4) is 5.69 Å². The maximum absolute atomic E-state index is 11.9. The van der Waals surface area contributed by atoms with Crippen LogP contribution in [0.15, 0.2) is 73.1 Å². The Bertz CT molecular complexity index is 706. The van der Waals surface area contributed by atoms with Gasteiger partial charge in [-0.15, -0.1) is 0 Å². The summed E-state index contributed by atoms with van der Waals surface area (Å²) < 4.78 is 1.76. The van der Waals surface area contributed by atoms with Crippen molar-refractivity contribution in [1.82, 2.24) is 9.78 Å². The van der Waals surface area contributed by atoms with Gasteiger partial charge in [0.1, 0.15) is 0 Å². The van der Waals surface area contributed by atoms with Crippen LogP contribution in [0.2, 0.25) is 0 Å². The highest BCUT2D eigenvalue weighted by Crippen LogP contribution is 2.13.